The first-order valence-corrected chi connectivity index (χ1v) is 6.69. The quantitative estimate of drug-likeness (QED) is 0.721. The van der Waals surface area contributed by atoms with Crippen LogP contribution in [0.5, 0.6) is 5.88 Å². The molecule has 1 aromatic carbocycles. The summed E-state index contributed by atoms with van der Waals surface area (Å²) in [6.45, 7) is 1.93. The van der Waals surface area contributed by atoms with Gasteiger partial charge in [0.1, 0.15) is 5.56 Å². The molecule has 0 spiro atoms. The maximum Gasteiger partial charge on any atom is 0.328 e. The van der Waals surface area contributed by atoms with Crippen LogP contribution in [0.4, 0.5) is 0 Å². The molecule has 6 heteroatoms. The van der Waals surface area contributed by atoms with E-state index >= 15 is 0 Å². The van der Waals surface area contributed by atoms with Crippen LogP contribution in [-0.2, 0) is 6.42 Å². The summed E-state index contributed by atoms with van der Waals surface area (Å²) in [4.78, 5) is 30.9. The Labute approximate surface area is 121 Å². The van der Waals surface area contributed by atoms with Crippen molar-refractivity contribution in [3.63, 3.8) is 0 Å². The third-order valence-corrected chi connectivity index (χ3v) is 3.11. The molecule has 0 bridgehead atoms. The van der Waals surface area contributed by atoms with Gasteiger partial charge in [-0.25, -0.2) is 4.79 Å². The summed E-state index contributed by atoms with van der Waals surface area (Å²) in [6, 6.07) is 10.0. The van der Waals surface area contributed by atoms with E-state index in [1.807, 2.05) is 30.1 Å². The van der Waals surface area contributed by atoms with E-state index in [0.29, 0.717) is 0 Å². The topological polar surface area (TPSA) is 98.3 Å². The van der Waals surface area contributed by atoms with Crippen molar-refractivity contribution in [3.8, 4) is 5.88 Å². The number of aliphatic imine (C=N–C) groups is 1. The van der Waals surface area contributed by atoms with Gasteiger partial charge in [-0.3, -0.25) is 19.8 Å². The Balaban J connectivity index is 2.01. The maximum atomic E-state index is 11.5. The SMILES string of the molecule is CC(CCc1ccccc1)N=Cc1c(O)[nH]c(=O)[nH]c1=O. The van der Waals surface area contributed by atoms with Crippen LogP contribution in [0, 0.1) is 0 Å². The van der Waals surface area contributed by atoms with Gasteiger partial charge in [0.25, 0.3) is 5.56 Å². The summed E-state index contributed by atoms with van der Waals surface area (Å²) in [5, 5.41) is 9.53. The molecule has 0 aliphatic carbocycles. The lowest BCUT2D eigenvalue weighted by molar-refractivity contribution is 0.447. The van der Waals surface area contributed by atoms with Crippen molar-refractivity contribution >= 4 is 6.21 Å². The normalized spacial score (nSPS) is 12.6. The van der Waals surface area contributed by atoms with Gasteiger partial charge >= 0.3 is 5.69 Å². The lowest BCUT2D eigenvalue weighted by Crippen LogP contribution is -2.25. The van der Waals surface area contributed by atoms with Crippen molar-refractivity contribution in [2.75, 3.05) is 0 Å². The maximum absolute atomic E-state index is 11.5. The van der Waals surface area contributed by atoms with Gasteiger partial charge in [-0.2, -0.15) is 0 Å². The average Bonchev–Trinajstić information content (AvgIpc) is 2.45. The second-order valence-electron chi connectivity index (χ2n) is 4.82. The van der Waals surface area contributed by atoms with Gasteiger partial charge in [-0.05, 0) is 25.3 Å². The van der Waals surface area contributed by atoms with E-state index in [2.05, 4.69) is 22.1 Å². The van der Waals surface area contributed by atoms with E-state index in [1.165, 1.54) is 11.8 Å². The predicted octanol–water partition coefficient (Wildman–Crippen LogP) is 1.21. The summed E-state index contributed by atoms with van der Waals surface area (Å²) < 4.78 is 0. The number of nitrogens with zero attached hydrogens (tertiary/aromatic N) is 1. The Hall–Kier alpha value is -2.63. The van der Waals surface area contributed by atoms with Crippen LogP contribution >= 0.6 is 0 Å². The number of aryl methyl sites for hydroxylation is 1. The van der Waals surface area contributed by atoms with Crippen LogP contribution in [0.15, 0.2) is 44.9 Å². The van der Waals surface area contributed by atoms with E-state index < -0.39 is 17.1 Å². The number of nitrogens with one attached hydrogen (secondary N) is 2. The van der Waals surface area contributed by atoms with Crippen molar-refractivity contribution in [1.82, 2.24) is 9.97 Å². The Morgan fingerprint density at radius 1 is 1.24 bits per heavy atom. The first-order chi connectivity index (χ1) is 10.1. The van der Waals surface area contributed by atoms with E-state index in [-0.39, 0.29) is 11.6 Å². The van der Waals surface area contributed by atoms with Crippen LogP contribution < -0.4 is 11.2 Å². The summed E-state index contributed by atoms with van der Waals surface area (Å²) in [6.07, 6.45) is 3.00. The third-order valence-electron chi connectivity index (χ3n) is 3.11. The molecule has 1 heterocycles. The number of aromatic amines is 2. The number of benzene rings is 1. The molecule has 0 radical (unpaired) electrons. The smallest absolute Gasteiger partial charge is 0.328 e. The van der Waals surface area contributed by atoms with E-state index in [9.17, 15) is 14.7 Å². The zero-order valence-electron chi connectivity index (χ0n) is 11.7. The van der Waals surface area contributed by atoms with Crippen molar-refractivity contribution in [2.24, 2.45) is 4.99 Å². The van der Waals surface area contributed by atoms with Gasteiger partial charge in [0.05, 0.1) is 0 Å². The molecule has 1 atom stereocenters. The summed E-state index contributed by atoms with van der Waals surface area (Å²) in [5.74, 6) is -0.470. The highest BCUT2D eigenvalue weighted by atomic mass is 16.3. The Kier molecular flexibility index (Phi) is 4.71. The van der Waals surface area contributed by atoms with Gasteiger partial charge in [0.15, 0.2) is 0 Å². The third kappa shape index (κ3) is 4.17. The van der Waals surface area contributed by atoms with Crippen LogP contribution in [0.3, 0.4) is 0 Å². The van der Waals surface area contributed by atoms with Gasteiger partial charge in [-0.1, -0.05) is 30.3 Å². The molecule has 0 amide bonds. The zero-order chi connectivity index (χ0) is 15.2. The number of aromatic nitrogens is 2. The van der Waals surface area contributed by atoms with E-state index in [4.69, 9.17) is 0 Å². The summed E-state index contributed by atoms with van der Waals surface area (Å²) in [5.41, 5.74) is -0.215. The van der Waals surface area contributed by atoms with Crippen LogP contribution in [0.2, 0.25) is 0 Å². The fraction of sp³-hybridized carbons (Fsp3) is 0.267. The fourth-order valence-electron chi connectivity index (χ4n) is 1.90. The van der Waals surface area contributed by atoms with Gasteiger partial charge in [0.2, 0.25) is 5.88 Å². The van der Waals surface area contributed by atoms with Crippen molar-refractivity contribution in [2.45, 2.75) is 25.8 Å². The van der Waals surface area contributed by atoms with Crippen molar-refractivity contribution in [1.29, 1.82) is 0 Å². The van der Waals surface area contributed by atoms with E-state index in [0.717, 1.165) is 12.8 Å². The second kappa shape index (κ2) is 6.69. The first-order valence-electron chi connectivity index (χ1n) is 6.69. The minimum Gasteiger partial charge on any atom is -0.494 e. The van der Waals surface area contributed by atoms with Crippen molar-refractivity contribution in [3.05, 3.63) is 62.3 Å². The number of hydrogen-bond acceptors (Lipinski definition) is 4. The Bertz CT molecular complexity index is 732. The van der Waals surface area contributed by atoms with Gasteiger partial charge < -0.3 is 5.11 Å². The van der Waals surface area contributed by atoms with E-state index in [1.54, 1.807) is 0 Å². The monoisotopic (exact) mass is 287 g/mol. The first kappa shape index (κ1) is 14.8. The molecule has 2 aromatic rings. The molecule has 0 saturated carbocycles. The Morgan fingerprint density at radius 2 is 1.95 bits per heavy atom. The minimum atomic E-state index is -0.744. The molecule has 2 rings (SSSR count). The largest absolute Gasteiger partial charge is 0.494 e. The standard InChI is InChI=1S/C15H17N3O3/c1-10(7-8-11-5-3-2-4-6-11)16-9-12-13(19)17-15(21)18-14(12)20/h2-6,9-10H,7-8H2,1H3,(H3,17,18,19,20,21). The lowest BCUT2D eigenvalue weighted by atomic mass is 10.1. The van der Waals surface area contributed by atoms with Crippen LogP contribution in [0.25, 0.3) is 0 Å². The minimum absolute atomic E-state index is 0.00376. The summed E-state index contributed by atoms with van der Waals surface area (Å²) in [7, 11) is 0. The van der Waals surface area contributed by atoms with Crippen LogP contribution in [0.1, 0.15) is 24.5 Å². The van der Waals surface area contributed by atoms with Crippen molar-refractivity contribution < 1.29 is 5.11 Å². The Morgan fingerprint density at radius 3 is 2.62 bits per heavy atom. The molecule has 6 nitrogen and oxygen atoms in total. The molecule has 0 aliphatic heterocycles. The highest BCUT2D eigenvalue weighted by molar-refractivity contribution is 5.81. The molecule has 0 aliphatic rings. The highest BCUT2D eigenvalue weighted by Gasteiger charge is 2.06. The average molecular weight is 287 g/mol. The summed E-state index contributed by atoms with van der Waals surface area (Å²) >= 11 is 0. The fourth-order valence-corrected chi connectivity index (χ4v) is 1.90. The molecule has 1 unspecified atom stereocenters. The predicted molar refractivity (Wildman–Crippen MR) is 81.2 cm³/mol. The number of aromatic hydroxyl groups is 1. The van der Waals surface area contributed by atoms with Crippen LogP contribution in [-0.4, -0.2) is 27.3 Å². The highest BCUT2D eigenvalue weighted by Crippen LogP contribution is 2.08. The number of rotatable bonds is 5. The molecule has 0 fully saturated rings. The molecular formula is C15H17N3O3. The van der Waals surface area contributed by atoms with Gasteiger partial charge in [0, 0.05) is 12.3 Å². The zero-order valence-corrected chi connectivity index (χ0v) is 11.7. The molecule has 21 heavy (non-hydrogen) atoms. The lowest BCUT2D eigenvalue weighted by Gasteiger charge is -2.06. The number of H-pyrrole nitrogens is 2. The molecular weight excluding hydrogens is 270 g/mol. The number of hydrogen-bond donors (Lipinski definition) is 3. The second-order valence-corrected chi connectivity index (χ2v) is 4.82. The molecule has 110 valence electrons. The molecule has 0 saturated heterocycles. The molecule has 3 N–H and O–H groups in total. The van der Waals surface area contributed by atoms with Gasteiger partial charge in [-0.15, -0.1) is 0 Å². The molecule has 1 aromatic heterocycles.